The highest BCUT2D eigenvalue weighted by molar-refractivity contribution is 7.07. The Labute approximate surface area is 238 Å². The van der Waals surface area contributed by atoms with Gasteiger partial charge in [-0.3, -0.25) is 19.5 Å². The molecule has 0 radical (unpaired) electrons. The maximum absolute atomic E-state index is 13.8. The third kappa shape index (κ3) is 5.39. The SMILES string of the molecule is COC(=O)C1=C(C)N=c2sc(=Cc3cc(OC)c(OCc4ccccc4)cc3[N+](=O)[O-])c(=O)n2C1c1ccccc1. The van der Waals surface area contributed by atoms with E-state index in [2.05, 4.69) is 4.99 Å². The molecule has 0 saturated heterocycles. The molecule has 11 heteroatoms. The second kappa shape index (κ2) is 11.6. The minimum absolute atomic E-state index is 0.157. The zero-order chi connectivity index (χ0) is 29.1. The largest absolute Gasteiger partial charge is 0.493 e. The lowest BCUT2D eigenvalue weighted by Gasteiger charge is -2.24. The number of nitrogens with zero attached hydrogens (tertiary/aromatic N) is 3. The van der Waals surface area contributed by atoms with Gasteiger partial charge in [-0.25, -0.2) is 9.79 Å². The Morgan fingerprint density at radius 3 is 2.39 bits per heavy atom. The van der Waals surface area contributed by atoms with E-state index >= 15 is 0 Å². The van der Waals surface area contributed by atoms with Crippen molar-refractivity contribution >= 4 is 29.1 Å². The van der Waals surface area contributed by atoms with Crippen LogP contribution < -0.4 is 24.4 Å². The Balaban J connectivity index is 1.64. The Bertz CT molecular complexity index is 1840. The number of hydrogen-bond acceptors (Lipinski definition) is 9. The summed E-state index contributed by atoms with van der Waals surface area (Å²) in [5.74, 6) is -0.124. The minimum atomic E-state index is -0.777. The second-order valence-corrected chi connectivity index (χ2v) is 10.1. The van der Waals surface area contributed by atoms with Gasteiger partial charge in [0.2, 0.25) is 0 Å². The van der Waals surface area contributed by atoms with Crippen molar-refractivity contribution in [2.24, 2.45) is 4.99 Å². The summed E-state index contributed by atoms with van der Waals surface area (Å²) in [6, 6.07) is 20.4. The molecule has 10 nitrogen and oxygen atoms in total. The fourth-order valence-electron chi connectivity index (χ4n) is 4.63. The number of carbonyl (C=O) groups is 1. The van der Waals surface area contributed by atoms with Crippen molar-refractivity contribution in [3.8, 4) is 11.5 Å². The second-order valence-electron chi connectivity index (χ2n) is 9.08. The molecule has 0 fully saturated rings. The summed E-state index contributed by atoms with van der Waals surface area (Å²) >= 11 is 1.07. The average molecular weight is 572 g/mol. The number of methoxy groups -OCH3 is 2. The number of esters is 1. The van der Waals surface area contributed by atoms with Crippen LogP contribution in [0.1, 0.15) is 29.7 Å². The molecule has 0 N–H and O–H groups in total. The molecule has 4 aromatic rings. The number of nitro groups is 1. The fourth-order valence-corrected chi connectivity index (χ4v) is 5.67. The zero-order valence-electron chi connectivity index (χ0n) is 22.4. The van der Waals surface area contributed by atoms with E-state index in [9.17, 15) is 19.7 Å². The van der Waals surface area contributed by atoms with Crippen LogP contribution >= 0.6 is 11.3 Å². The number of ether oxygens (including phenoxy) is 3. The fraction of sp³-hybridized carbons (Fsp3) is 0.167. The van der Waals surface area contributed by atoms with Crippen molar-refractivity contribution in [1.82, 2.24) is 4.57 Å². The molecule has 5 rings (SSSR count). The molecule has 41 heavy (non-hydrogen) atoms. The molecule has 0 aliphatic carbocycles. The maximum atomic E-state index is 13.8. The van der Waals surface area contributed by atoms with Gasteiger partial charge in [-0.2, -0.15) is 0 Å². The number of fused-ring (bicyclic) bond motifs is 1. The van der Waals surface area contributed by atoms with Crippen LogP contribution in [0.15, 0.2) is 93.9 Å². The van der Waals surface area contributed by atoms with Crippen LogP contribution in [-0.2, 0) is 16.1 Å². The molecule has 0 bridgehead atoms. The predicted molar refractivity (Wildman–Crippen MR) is 153 cm³/mol. The lowest BCUT2D eigenvalue weighted by molar-refractivity contribution is -0.385. The summed E-state index contributed by atoms with van der Waals surface area (Å²) in [6.45, 7) is 1.87. The molecule has 1 unspecified atom stereocenters. The number of hydrogen-bond donors (Lipinski definition) is 0. The Kier molecular flexibility index (Phi) is 7.79. The number of benzene rings is 3. The number of aromatic nitrogens is 1. The lowest BCUT2D eigenvalue weighted by atomic mass is 9.96. The minimum Gasteiger partial charge on any atom is -0.493 e. The lowest BCUT2D eigenvalue weighted by Crippen LogP contribution is -2.39. The molecule has 3 aromatic carbocycles. The van der Waals surface area contributed by atoms with Gasteiger partial charge in [0.25, 0.3) is 11.2 Å². The number of carbonyl (C=O) groups excluding carboxylic acids is 1. The first-order chi connectivity index (χ1) is 19.8. The van der Waals surface area contributed by atoms with Crippen molar-refractivity contribution in [3.63, 3.8) is 0 Å². The number of allylic oxidation sites excluding steroid dienone is 1. The Morgan fingerprint density at radius 1 is 1.07 bits per heavy atom. The van der Waals surface area contributed by atoms with Crippen LogP contribution in [-0.4, -0.2) is 29.7 Å². The quantitative estimate of drug-likeness (QED) is 0.179. The average Bonchev–Trinajstić information content (AvgIpc) is 3.29. The standard InChI is InChI=1S/C30H25N3O7S/c1-18-26(29(35)39-3)27(20-12-8-5-9-13-20)32-28(34)25(41-30(32)31-18)15-21-14-23(38-2)24(16-22(21)33(36)37)40-17-19-10-6-4-7-11-19/h4-16,27H,17H2,1-3H3. The number of nitro benzene ring substituents is 1. The normalized spacial score (nSPS) is 14.7. The Morgan fingerprint density at radius 2 is 1.76 bits per heavy atom. The third-order valence-corrected chi connectivity index (χ3v) is 7.56. The van der Waals surface area contributed by atoms with Gasteiger partial charge in [-0.1, -0.05) is 72.0 Å². The molecule has 208 valence electrons. The van der Waals surface area contributed by atoms with Crippen molar-refractivity contribution in [1.29, 1.82) is 0 Å². The smallest absolute Gasteiger partial charge is 0.338 e. The van der Waals surface area contributed by atoms with Gasteiger partial charge < -0.3 is 14.2 Å². The molecule has 1 aromatic heterocycles. The van der Waals surface area contributed by atoms with Crippen LogP contribution in [0, 0.1) is 10.1 Å². The number of thiazole rings is 1. The van der Waals surface area contributed by atoms with Crippen molar-refractivity contribution in [2.75, 3.05) is 14.2 Å². The molecular formula is C30H25N3O7S. The highest BCUT2D eigenvalue weighted by atomic mass is 32.1. The first-order valence-electron chi connectivity index (χ1n) is 12.5. The van der Waals surface area contributed by atoms with Gasteiger partial charge in [-0.15, -0.1) is 0 Å². The summed E-state index contributed by atoms with van der Waals surface area (Å²) in [6.07, 6.45) is 1.44. The summed E-state index contributed by atoms with van der Waals surface area (Å²) in [7, 11) is 2.71. The Hall–Kier alpha value is -5.03. The monoisotopic (exact) mass is 571 g/mol. The molecule has 0 amide bonds. The van der Waals surface area contributed by atoms with E-state index in [1.165, 1.54) is 37.0 Å². The van der Waals surface area contributed by atoms with Crippen molar-refractivity contribution in [2.45, 2.75) is 19.6 Å². The van der Waals surface area contributed by atoms with E-state index in [0.29, 0.717) is 16.1 Å². The molecule has 2 heterocycles. The summed E-state index contributed by atoms with van der Waals surface area (Å²) in [5, 5.41) is 12.1. The van der Waals surface area contributed by atoms with Gasteiger partial charge in [0.05, 0.1) is 52.6 Å². The van der Waals surface area contributed by atoms with Crippen molar-refractivity contribution < 1.29 is 23.9 Å². The highest BCUT2D eigenvalue weighted by Gasteiger charge is 2.33. The number of rotatable bonds is 8. The molecule has 1 aliphatic rings. The van der Waals surface area contributed by atoms with Crippen LogP contribution in [0.5, 0.6) is 11.5 Å². The van der Waals surface area contributed by atoms with Crippen LogP contribution in [0.2, 0.25) is 0 Å². The van der Waals surface area contributed by atoms with Gasteiger partial charge in [0.15, 0.2) is 16.3 Å². The highest BCUT2D eigenvalue weighted by Crippen LogP contribution is 2.36. The first-order valence-corrected chi connectivity index (χ1v) is 13.3. The van der Waals surface area contributed by atoms with Gasteiger partial charge >= 0.3 is 5.97 Å². The summed E-state index contributed by atoms with van der Waals surface area (Å²) < 4.78 is 18.0. The van der Waals surface area contributed by atoms with Crippen LogP contribution in [0.3, 0.4) is 0 Å². The van der Waals surface area contributed by atoms with Crippen LogP contribution in [0.25, 0.3) is 6.08 Å². The predicted octanol–water partition coefficient (Wildman–Crippen LogP) is 3.90. The van der Waals surface area contributed by atoms with E-state index in [1.807, 2.05) is 60.7 Å². The maximum Gasteiger partial charge on any atom is 0.338 e. The zero-order valence-corrected chi connectivity index (χ0v) is 23.2. The van der Waals surface area contributed by atoms with E-state index in [4.69, 9.17) is 14.2 Å². The molecule has 1 atom stereocenters. The molecule has 0 spiro atoms. The van der Waals surface area contributed by atoms with E-state index in [1.54, 1.807) is 6.92 Å². The first kappa shape index (κ1) is 27.5. The summed E-state index contributed by atoms with van der Waals surface area (Å²) in [5.41, 5.74) is 1.69. The van der Waals surface area contributed by atoms with E-state index in [-0.39, 0.29) is 39.5 Å². The molecule has 0 saturated carbocycles. The molecule has 1 aliphatic heterocycles. The van der Waals surface area contributed by atoms with E-state index < -0.39 is 22.5 Å². The summed E-state index contributed by atoms with van der Waals surface area (Å²) in [4.78, 5) is 43.0. The van der Waals surface area contributed by atoms with Gasteiger partial charge in [0.1, 0.15) is 6.61 Å². The van der Waals surface area contributed by atoms with Crippen LogP contribution in [0.4, 0.5) is 5.69 Å². The van der Waals surface area contributed by atoms with E-state index in [0.717, 1.165) is 16.9 Å². The molecular weight excluding hydrogens is 546 g/mol. The topological polar surface area (TPSA) is 122 Å². The van der Waals surface area contributed by atoms with Crippen molar-refractivity contribution in [3.05, 3.63) is 131 Å². The third-order valence-electron chi connectivity index (χ3n) is 6.58. The van der Waals surface area contributed by atoms with Gasteiger partial charge in [-0.05, 0) is 30.2 Å². The van der Waals surface area contributed by atoms with Gasteiger partial charge in [0, 0.05) is 0 Å².